The molecule has 3 atom stereocenters. The number of piperidine rings is 2. The Bertz CT molecular complexity index is 1070. The van der Waals surface area contributed by atoms with Crippen LogP contribution in [0.15, 0.2) is 18.2 Å². The molecule has 0 aromatic heterocycles. The van der Waals surface area contributed by atoms with Crippen LogP contribution in [0, 0.1) is 5.92 Å². The molecule has 0 bridgehead atoms. The topological polar surface area (TPSA) is 86.8 Å². The second kappa shape index (κ2) is 11.6. The maximum Gasteiger partial charge on any atom is 0.214 e. The summed E-state index contributed by atoms with van der Waals surface area (Å²) in [6.45, 7) is 5.01. The first-order valence-corrected chi connectivity index (χ1v) is 17.0. The Morgan fingerprint density at radius 3 is 2.66 bits per heavy atom. The highest BCUT2D eigenvalue weighted by molar-refractivity contribution is 7.89. The molecule has 3 heterocycles. The van der Waals surface area contributed by atoms with Gasteiger partial charge in [-0.2, -0.15) is 4.31 Å². The van der Waals surface area contributed by atoms with E-state index in [1.54, 1.807) is 4.31 Å². The van der Waals surface area contributed by atoms with Crippen LogP contribution in [0.3, 0.4) is 0 Å². The highest BCUT2D eigenvalue weighted by Crippen LogP contribution is 2.43. The molecule has 198 valence electrons. The summed E-state index contributed by atoms with van der Waals surface area (Å²) in [5.41, 5.74) is 4.29. The molecular weight excluding hydrogens is 482 g/mol. The minimum atomic E-state index is -3.43. The van der Waals surface area contributed by atoms with E-state index in [4.69, 9.17) is 0 Å². The fourth-order valence-electron chi connectivity index (χ4n) is 6.35. The van der Waals surface area contributed by atoms with Crippen molar-refractivity contribution in [2.75, 3.05) is 38.2 Å². The zero-order valence-electron chi connectivity index (χ0n) is 21.4. The zero-order valence-corrected chi connectivity index (χ0v) is 23.0. The highest BCUT2D eigenvalue weighted by atomic mass is 32.2. The Kier molecular flexibility index (Phi) is 8.95. The van der Waals surface area contributed by atoms with Gasteiger partial charge in [0.2, 0.25) is 20.0 Å². The molecule has 3 aliphatic heterocycles. The number of hydrogen-bond donors (Lipinski definition) is 1. The standard InChI is InChI=1S/C26H43N3O4S2/c1-3-4-5-6-9-21-11-12-24-22(18-21)13-16-28-20-23-10-7-15-29(25(23)19-26(24)28)35(32,33)17-8-14-27-34(2,30)31/h11-12,18,23,25-27H,3-10,13-17,19-20H2,1-2H3/t23-,25+,26+/m1/s1. The lowest BCUT2D eigenvalue weighted by molar-refractivity contribution is 0.0220. The maximum absolute atomic E-state index is 13.3. The van der Waals surface area contributed by atoms with Crippen LogP contribution in [0.2, 0.25) is 0 Å². The molecule has 1 aromatic carbocycles. The van der Waals surface area contributed by atoms with E-state index in [1.165, 1.54) is 42.4 Å². The van der Waals surface area contributed by atoms with Crippen molar-refractivity contribution < 1.29 is 16.8 Å². The molecule has 1 N–H and O–H groups in total. The number of hydrogen-bond acceptors (Lipinski definition) is 5. The molecule has 0 radical (unpaired) electrons. The lowest BCUT2D eigenvalue weighted by Gasteiger charge is -2.51. The van der Waals surface area contributed by atoms with Crippen molar-refractivity contribution in [2.45, 2.75) is 83.2 Å². The van der Waals surface area contributed by atoms with Crippen molar-refractivity contribution in [1.29, 1.82) is 0 Å². The number of sulfonamides is 2. The van der Waals surface area contributed by atoms with Gasteiger partial charge in [-0.1, -0.05) is 44.4 Å². The molecule has 3 aliphatic rings. The quantitative estimate of drug-likeness (QED) is 0.447. The maximum atomic E-state index is 13.3. The Morgan fingerprint density at radius 1 is 1.06 bits per heavy atom. The van der Waals surface area contributed by atoms with Crippen LogP contribution >= 0.6 is 0 Å². The van der Waals surface area contributed by atoms with Gasteiger partial charge < -0.3 is 0 Å². The van der Waals surface area contributed by atoms with Crippen LogP contribution in [0.25, 0.3) is 0 Å². The van der Waals surface area contributed by atoms with Crippen molar-refractivity contribution in [2.24, 2.45) is 5.92 Å². The van der Waals surface area contributed by atoms with E-state index in [0.717, 1.165) is 51.4 Å². The summed E-state index contributed by atoms with van der Waals surface area (Å²) >= 11 is 0. The first kappa shape index (κ1) is 27.0. The van der Waals surface area contributed by atoms with E-state index in [-0.39, 0.29) is 24.4 Å². The molecule has 9 heteroatoms. The zero-order chi connectivity index (χ0) is 25.1. The molecule has 0 spiro atoms. The molecule has 0 unspecified atom stereocenters. The van der Waals surface area contributed by atoms with Gasteiger partial charge in [-0.3, -0.25) is 4.90 Å². The van der Waals surface area contributed by atoms with Gasteiger partial charge in [0, 0.05) is 38.3 Å². The lowest BCUT2D eigenvalue weighted by atomic mass is 9.77. The predicted molar refractivity (Wildman–Crippen MR) is 141 cm³/mol. The number of rotatable bonds is 11. The van der Waals surface area contributed by atoms with Crippen molar-refractivity contribution in [3.8, 4) is 0 Å². The molecule has 0 aliphatic carbocycles. The summed E-state index contributed by atoms with van der Waals surface area (Å²) in [4.78, 5) is 2.59. The molecule has 4 rings (SSSR count). The fourth-order valence-corrected chi connectivity index (χ4v) is 8.69. The molecule has 0 amide bonds. The summed E-state index contributed by atoms with van der Waals surface area (Å²) in [7, 11) is -6.73. The van der Waals surface area contributed by atoms with Crippen molar-refractivity contribution in [1.82, 2.24) is 13.9 Å². The van der Waals surface area contributed by atoms with Gasteiger partial charge in [0.05, 0.1) is 12.0 Å². The van der Waals surface area contributed by atoms with E-state index in [1.807, 2.05) is 0 Å². The molecule has 35 heavy (non-hydrogen) atoms. The van der Waals surface area contributed by atoms with E-state index < -0.39 is 20.0 Å². The molecular formula is C26H43N3O4S2. The first-order chi connectivity index (χ1) is 16.7. The largest absolute Gasteiger partial charge is 0.296 e. The average molecular weight is 526 g/mol. The fraction of sp³-hybridized carbons (Fsp3) is 0.769. The van der Waals surface area contributed by atoms with Crippen LogP contribution in [-0.4, -0.2) is 70.3 Å². The van der Waals surface area contributed by atoms with Gasteiger partial charge in [-0.25, -0.2) is 21.6 Å². The van der Waals surface area contributed by atoms with Crippen molar-refractivity contribution in [3.05, 3.63) is 34.9 Å². The minimum absolute atomic E-state index is 0.00883. The normalized spacial score (nSPS) is 25.6. The Morgan fingerprint density at radius 2 is 1.89 bits per heavy atom. The van der Waals surface area contributed by atoms with E-state index in [0.29, 0.717) is 18.9 Å². The summed E-state index contributed by atoms with van der Waals surface area (Å²) in [6, 6.07) is 7.36. The van der Waals surface area contributed by atoms with Crippen LogP contribution < -0.4 is 4.72 Å². The predicted octanol–water partition coefficient (Wildman–Crippen LogP) is 3.46. The number of nitrogens with one attached hydrogen (secondary N) is 1. The van der Waals surface area contributed by atoms with Crippen LogP contribution in [0.5, 0.6) is 0 Å². The van der Waals surface area contributed by atoms with Gasteiger partial charge in [0.1, 0.15) is 0 Å². The Hall–Kier alpha value is -1.00. The second-order valence-corrected chi connectivity index (χ2v) is 14.6. The summed E-state index contributed by atoms with van der Waals surface area (Å²) in [5.74, 6) is 0.369. The van der Waals surface area contributed by atoms with Crippen LogP contribution in [0.1, 0.15) is 81.0 Å². The Labute approximate surface area is 212 Å². The molecule has 2 fully saturated rings. The van der Waals surface area contributed by atoms with Gasteiger partial charge in [-0.05, 0) is 67.6 Å². The number of fused-ring (bicyclic) bond motifs is 4. The van der Waals surface area contributed by atoms with E-state index >= 15 is 0 Å². The van der Waals surface area contributed by atoms with E-state index in [2.05, 4.69) is 34.7 Å². The number of nitrogens with zero attached hydrogens (tertiary/aromatic N) is 2. The van der Waals surface area contributed by atoms with Crippen LogP contribution in [-0.2, 0) is 32.9 Å². The van der Waals surface area contributed by atoms with Gasteiger partial charge in [0.25, 0.3) is 0 Å². The SMILES string of the molecule is CCCCCCc1ccc2c(c1)CCN1C[C@H]3CCCN(S(=O)(=O)CCCNS(C)(=O)=O)[C@H]3C[C@@H]21. The van der Waals surface area contributed by atoms with Crippen molar-refractivity contribution in [3.63, 3.8) is 0 Å². The lowest BCUT2D eigenvalue weighted by Crippen LogP contribution is -2.57. The molecule has 0 saturated carbocycles. The smallest absolute Gasteiger partial charge is 0.214 e. The minimum Gasteiger partial charge on any atom is -0.296 e. The third kappa shape index (κ3) is 6.86. The highest BCUT2D eigenvalue weighted by Gasteiger charge is 2.45. The molecule has 7 nitrogen and oxygen atoms in total. The summed E-state index contributed by atoms with van der Waals surface area (Å²) in [6.07, 6.45) is 11.6. The number of benzene rings is 1. The second-order valence-electron chi connectivity index (χ2n) is 10.8. The van der Waals surface area contributed by atoms with Crippen molar-refractivity contribution >= 4 is 20.0 Å². The average Bonchev–Trinajstić information content (AvgIpc) is 2.82. The Balaban J connectivity index is 1.44. The summed E-state index contributed by atoms with van der Waals surface area (Å²) in [5, 5.41) is 0. The van der Waals surface area contributed by atoms with E-state index in [9.17, 15) is 16.8 Å². The number of aryl methyl sites for hydroxylation is 1. The van der Waals surface area contributed by atoms with Gasteiger partial charge in [0.15, 0.2) is 0 Å². The molecule has 1 aromatic rings. The summed E-state index contributed by atoms with van der Waals surface area (Å²) < 4.78 is 53.4. The van der Waals surface area contributed by atoms with Gasteiger partial charge in [-0.15, -0.1) is 0 Å². The van der Waals surface area contributed by atoms with Gasteiger partial charge >= 0.3 is 0 Å². The number of unbranched alkanes of at least 4 members (excludes halogenated alkanes) is 3. The monoisotopic (exact) mass is 525 g/mol. The first-order valence-electron chi connectivity index (χ1n) is 13.5. The third-order valence-electron chi connectivity index (χ3n) is 8.10. The third-order valence-corrected chi connectivity index (χ3v) is 10.8. The van der Waals surface area contributed by atoms with Crippen LogP contribution in [0.4, 0.5) is 0 Å². The molecule has 2 saturated heterocycles.